The van der Waals surface area contributed by atoms with E-state index >= 15 is 0 Å². The van der Waals surface area contributed by atoms with E-state index in [0.29, 0.717) is 18.4 Å². The van der Waals surface area contributed by atoms with Gasteiger partial charge in [-0.2, -0.15) is 10.2 Å². The van der Waals surface area contributed by atoms with Crippen LogP contribution in [0.4, 0.5) is 10.3 Å². The van der Waals surface area contributed by atoms with Crippen molar-refractivity contribution in [1.29, 1.82) is 5.26 Å². The normalized spacial score (nSPS) is 9.90. The Labute approximate surface area is 116 Å². The Morgan fingerprint density at radius 2 is 2.15 bits per heavy atom. The number of hydrogen-bond donors (Lipinski definition) is 1. The first-order chi connectivity index (χ1) is 9.62. The van der Waals surface area contributed by atoms with E-state index in [1.54, 1.807) is 12.1 Å². The number of aryl methyl sites for hydroxylation is 1. The van der Waals surface area contributed by atoms with E-state index in [0.717, 1.165) is 11.8 Å². The van der Waals surface area contributed by atoms with Crippen LogP contribution in [0, 0.1) is 24.1 Å². The second-order valence-corrected chi connectivity index (χ2v) is 4.06. The maximum atomic E-state index is 13.5. The maximum Gasteiger partial charge on any atom is 0.226 e. The predicted molar refractivity (Wildman–Crippen MR) is 72.1 cm³/mol. The van der Waals surface area contributed by atoms with Crippen molar-refractivity contribution in [2.45, 2.75) is 13.8 Å². The van der Waals surface area contributed by atoms with Crippen molar-refractivity contribution in [2.75, 3.05) is 11.9 Å². The van der Waals surface area contributed by atoms with Crippen LogP contribution in [-0.2, 0) is 0 Å². The molecule has 0 saturated heterocycles. The fourth-order valence-electron chi connectivity index (χ4n) is 1.60. The molecule has 1 aromatic heterocycles. The molecule has 1 aromatic carbocycles. The van der Waals surface area contributed by atoms with Crippen LogP contribution in [0.15, 0.2) is 24.3 Å². The molecular formula is C14H13FN4O. The summed E-state index contributed by atoms with van der Waals surface area (Å²) in [5.74, 6) is 0.430. The molecule has 0 spiro atoms. The van der Waals surface area contributed by atoms with Gasteiger partial charge in [0.1, 0.15) is 17.6 Å². The molecule has 0 aliphatic rings. The van der Waals surface area contributed by atoms with E-state index in [1.807, 2.05) is 13.8 Å². The van der Waals surface area contributed by atoms with Gasteiger partial charge < -0.3 is 10.1 Å². The lowest BCUT2D eigenvalue weighted by molar-refractivity contribution is 0.456. The molecule has 0 fully saturated rings. The molecule has 0 aliphatic heterocycles. The van der Waals surface area contributed by atoms with Crippen LogP contribution in [-0.4, -0.2) is 16.5 Å². The number of halogens is 1. The standard InChI is InChI=1S/C14H13FN4O/c1-3-17-14-18-9(2)6-13(19-14)20-11-5-4-10(8-16)12(15)7-11/h4-7H,3H2,1-2H3,(H,17,18,19). The second-order valence-electron chi connectivity index (χ2n) is 4.06. The number of hydrogen-bond acceptors (Lipinski definition) is 5. The third-order valence-electron chi connectivity index (χ3n) is 2.45. The summed E-state index contributed by atoms with van der Waals surface area (Å²) in [4.78, 5) is 8.35. The summed E-state index contributed by atoms with van der Waals surface area (Å²) in [5, 5.41) is 11.7. The number of benzene rings is 1. The monoisotopic (exact) mass is 272 g/mol. The first kappa shape index (κ1) is 13.7. The Bertz CT molecular complexity index is 667. The molecule has 5 nitrogen and oxygen atoms in total. The van der Waals surface area contributed by atoms with Crippen molar-refractivity contribution < 1.29 is 9.13 Å². The fraction of sp³-hybridized carbons (Fsp3) is 0.214. The quantitative estimate of drug-likeness (QED) is 0.926. The Hall–Kier alpha value is -2.68. The first-order valence-corrected chi connectivity index (χ1v) is 6.09. The molecule has 0 aliphatic carbocycles. The Morgan fingerprint density at radius 3 is 2.80 bits per heavy atom. The minimum absolute atomic E-state index is 0.0236. The van der Waals surface area contributed by atoms with Gasteiger partial charge in [0.05, 0.1) is 5.56 Å². The van der Waals surface area contributed by atoms with E-state index < -0.39 is 5.82 Å². The lowest BCUT2D eigenvalue weighted by Gasteiger charge is -2.08. The highest BCUT2D eigenvalue weighted by Crippen LogP contribution is 2.23. The van der Waals surface area contributed by atoms with Crippen molar-refractivity contribution in [1.82, 2.24) is 9.97 Å². The topological polar surface area (TPSA) is 70.8 Å². The molecule has 0 unspecified atom stereocenters. The van der Waals surface area contributed by atoms with Crippen molar-refractivity contribution in [3.8, 4) is 17.7 Å². The second kappa shape index (κ2) is 5.97. The van der Waals surface area contributed by atoms with E-state index in [4.69, 9.17) is 10.00 Å². The summed E-state index contributed by atoms with van der Waals surface area (Å²) in [7, 11) is 0. The molecule has 1 heterocycles. The van der Waals surface area contributed by atoms with Gasteiger partial charge in [0, 0.05) is 24.4 Å². The zero-order valence-corrected chi connectivity index (χ0v) is 11.1. The van der Waals surface area contributed by atoms with Crippen LogP contribution in [0.5, 0.6) is 11.6 Å². The smallest absolute Gasteiger partial charge is 0.226 e. The summed E-state index contributed by atoms with van der Waals surface area (Å²) in [5.41, 5.74) is 0.713. The Kier molecular flexibility index (Phi) is 4.11. The van der Waals surface area contributed by atoms with Crippen molar-refractivity contribution >= 4 is 5.95 Å². The number of nitrogens with one attached hydrogen (secondary N) is 1. The number of rotatable bonds is 4. The first-order valence-electron chi connectivity index (χ1n) is 6.09. The van der Waals surface area contributed by atoms with Gasteiger partial charge in [-0.05, 0) is 26.0 Å². The number of nitriles is 1. The van der Waals surface area contributed by atoms with Crippen LogP contribution in [0.3, 0.4) is 0 Å². The van der Waals surface area contributed by atoms with E-state index in [-0.39, 0.29) is 11.3 Å². The van der Waals surface area contributed by atoms with Crippen molar-refractivity contribution in [2.24, 2.45) is 0 Å². The highest BCUT2D eigenvalue weighted by Gasteiger charge is 2.07. The molecule has 2 rings (SSSR count). The van der Waals surface area contributed by atoms with Crippen LogP contribution in [0.2, 0.25) is 0 Å². The molecule has 20 heavy (non-hydrogen) atoms. The number of nitrogens with zero attached hydrogens (tertiary/aromatic N) is 3. The van der Waals surface area contributed by atoms with Gasteiger partial charge in [-0.1, -0.05) is 0 Å². The lowest BCUT2D eigenvalue weighted by atomic mass is 10.2. The fourth-order valence-corrected chi connectivity index (χ4v) is 1.60. The van der Waals surface area contributed by atoms with E-state index in [9.17, 15) is 4.39 Å². The molecular weight excluding hydrogens is 259 g/mol. The zero-order valence-electron chi connectivity index (χ0n) is 11.1. The summed E-state index contributed by atoms with van der Waals surface area (Å²) in [6.45, 7) is 4.44. The predicted octanol–water partition coefficient (Wildman–Crippen LogP) is 3.02. The molecule has 2 aromatic rings. The highest BCUT2D eigenvalue weighted by atomic mass is 19.1. The third kappa shape index (κ3) is 3.20. The Morgan fingerprint density at radius 1 is 1.35 bits per heavy atom. The molecule has 0 saturated carbocycles. The number of anilines is 1. The molecule has 0 radical (unpaired) electrons. The van der Waals surface area contributed by atoms with Gasteiger partial charge in [-0.15, -0.1) is 0 Å². The summed E-state index contributed by atoms with van der Waals surface area (Å²) in [6, 6.07) is 7.45. The molecule has 0 atom stereocenters. The number of ether oxygens (including phenoxy) is 1. The average Bonchev–Trinajstić information content (AvgIpc) is 2.38. The largest absolute Gasteiger partial charge is 0.439 e. The van der Waals surface area contributed by atoms with E-state index in [2.05, 4.69) is 15.3 Å². The number of aromatic nitrogens is 2. The summed E-state index contributed by atoms with van der Waals surface area (Å²) < 4.78 is 19.0. The van der Waals surface area contributed by atoms with Crippen molar-refractivity contribution in [3.63, 3.8) is 0 Å². The lowest BCUT2D eigenvalue weighted by Crippen LogP contribution is -2.04. The molecule has 0 amide bonds. The molecule has 102 valence electrons. The zero-order chi connectivity index (χ0) is 14.5. The van der Waals surface area contributed by atoms with Gasteiger partial charge in [0.15, 0.2) is 0 Å². The van der Waals surface area contributed by atoms with Crippen LogP contribution >= 0.6 is 0 Å². The molecule has 1 N–H and O–H groups in total. The average molecular weight is 272 g/mol. The maximum absolute atomic E-state index is 13.5. The van der Waals surface area contributed by atoms with Crippen LogP contribution in [0.1, 0.15) is 18.2 Å². The third-order valence-corrected chi connectivity index (χ3v) is 2.45. The minimum atomic E-state index is -0.623. The summed E-state index contributed by atoms with van der Waals surface area (Å²) in [6.07, 6.45) is 0. The summed E-state index contributed by atoms with van der Waals surface area (Å²) >= 11 is 0. The van der Waals surface area contributed by atoms with Gasteiger partial charge >= 0.3 is 0 Å². The van der Waals surface area contributed by atoms with Crippen LogP contribution < -0.4 is 10.1 Å². The van der Waals surface area contributed by atoms with Gasteiger partial charge in [0.25, 0.3) is 0 Å². The van der Waals surface area contributed by atoms with Gasteiger partial charge in [-0.25, -0.2) is 9.37 Å². The van der Waals surface area contributed by atoms with Gasteiger partial charge in [-0.3, -0.25) is 0 Å². The van der Waals surface area contributed by atoms with Gasteiger partial charge in [0.2, 0.25) is 11.8 Å². The van der Waals surface area contributed by atoms with Crippen LogP contribution in [0.25, 0.3) is 0 Å². The van der Waals surface area contributed by atoms with Crippen molar-refractivity contribution in [3.05, 3.63) is 41.3 Å². The van der Waals surface area contributed by atoms with E-state index in [1.165, 1.54) is 12.1 Å². The Balaban J connectivity index is 2.25. The highest BCUT2D eigenvalue weighted by molar-refractivity contribution is 5.38. The molecule has 0 bridgehead atoms. The molecule has 6 heteroatoms. The SMILES string of the molecule is CCNc1nc(C)cc(Oc2ccc(C#N)c(F)c2)n1. The minimum Gasteiger partial charge on any atom is -0.439 e.